The molecule has 0 N–H and O–H groups in total. The van der Waals surface area contributed by atoms with Gasteiger partial charge in [-0.1, -0.05) is 24.3 Å². The predicted molar refractivity (Wildman–Crippen MR) is 139 cm³/mol. The second kappa shape index (κ2) is 11.0. The summed E-state index contributed by atoms with van der Waals surface area (Å²) in [6, 6.07) is 6.94. The summed E-state index contributed by atoms with van der Waals surface area (Å²) in [6.45, 7) is 1.19. The standard InChI is InChI=1S/C28H27F3N6O4/c1-37-12-21(28(29,30)31)35-25(37)18-5-3-16(4-6-18)13-40-26-20(41-19-9-10-39-14-19)11-32-24(36-26)22-23(17-7-8-17)33-15-34-27(22)38-2/h3-6,11-12,15,17,19H,7-10,13-14H2,1-2H3. The van der Waals surface area contributed by atoms with Crippen molar-refractivity contribution in [3.8, 4) is 40.3 Å². The van der Waals surface area contributed by atoms with Crippen LogP contribution in [0.25, 0.3) is 22.8 Å². The number of rotatable bonds is 9. The zero-order valence-electron chi connectivity index (χ0n) is 22.4. The molecule has 1 aliphatic heterocycles. The van der Waals surface area contributed by atoms with Crippen molar-refractivity contribution in [1.29, 1.82) is 0 Å². The maximum absolute atomic E-state index is 13.1. The van der Waals surface area contributed by atoms with Crippen LogP contribution in [0.1, 0.15) is 42.1 Å². The fraction of sp³-hybridized carbons (Fsp3) is 0.393. The molecule has 10 nitrogen and oxygen atoms in total. The zero-order chi connectivity index (χ0) is 28.6. The molecule has 13 heteroatoms. The summed E-state index contributed by atoms with van der Waals surface area (Å²) in [4.78, 5) is 21.7. The first-order valence-electron chi connectivity index (χ1n) is 13.1. The van der Waals surface area contributed by atoms with Crippen LogP contribution >= 0.6 is 0 Å². The van der Waals surface area contributed by atoms with Crippen molar-refractivity contribution in [2.45, 2.75) is 44.1 Å². The number of halogens is 3. The molecule has 1 aromatic carbocycles. The fourth-order valence-electron chi connectivity index (χ4n) is 4.63. The van der Waals surface area contributed by atoms with Gasteiger partial charge in [-0.15, -0.1) is 0 Å². The summed E-state index contributed by atoms with van der Waals surface area (Å²) in [5, 5.41) is 0. The molecule has 4 aromatic rings. The summed E-state index contributed by atoms with van der Waals surface area (Å²) in [7, 11) is 3.07. The second-order valence-electron chi connectivity index (χ2n) is 9.93. The third-order valence-electron chi connectivity index (χ3n) is 6.88. The number of aryl methyl sites for hydroxylation is 1. The molecular weight excluding hydrogens is 541 g/mol. The Morgan fingerprint density at radius 2 is 1.83 bits per heavy atom. The van der Waals surface area contributed by atoms with E-state index in [-0.39, 0.29) is 24.4 Å². The Balaban J connectivity index is 1.27. The average Bonchev–Trinajstić information content (AvgIpc) is 3.54. The van der Waals surface area contributed by atoms with E-state index in [1.807, 2.05) is 0 Å². The second-order valence-corrected chi connectivity index (χ2v) is 9.93. The van der Waals surface area contributed by atoms with Gasteiger partial charge in [0.15, 0.2) is 17.3 Å². The van der Waals surface area contributed by atoms with Crippen LogP contribution in [0.4, 0.5) is 13.2 Å². The zero-order valence-corrected chi connectivity index (χ0v) is 22.4. The van der Waals surface area contributed by atoms with Crippen molar-refractivity contribution in [2.75, 3.05) is 20.3 Å². The minimum Gasteiger partial charge on any atom is -0.481 e. The minimum absolute atomic E-state index is 0.126. The number of methoxy groups -OCH3 is 1. The first-order chi connectivity index (χ1) is 19.8. The number of nitrogens with zero attached hydrogens (tertiary/aromatic N) is 6. The van der Waals surface area contributed by atoms with Gasteiger partial charge in [0.05, 0.1) is 32.2 Å². The van der Waals surface area contributed by atoms with Crippen molar-refractivity contribution < 1.29 is 32.1 Å². The van der Waals surface area contributed by atoms with E-state index >= 15 is 0 Å². The summed E-state index contributed by atoms with van der Waals surface area (Å²) < 4.78 is 63.8. The number of imidazole rings is 1. The molecule has 3 aromatic heterocycles. The van der Waals surface area contributed by atoms with Crippen molar-refractivity contribution in [2.24, 2.45) is 7.05 Å². The van der Waals surface area contributed by atoms with Gasteiger partial charge in [-0.3, -0.25) is 0 Å². The van der Waals surface area contributed by atoms with Crippen LogP contribution in [0.2, 0.25) is 0 Å². The van der Waals surface area contributed by atoms with Gasteiger partial charge in [-0.05, 0) is 18.4 Å². The lowest BCUT2D eigenvalue weighted by Crippen LogP contribution is -2.17. The Kier molecular flexibility index (Phi) is 7.20. The molecule has 1 saturated heterocycles. The van der Waals surface area contributed by atoms with Gasteiger partial charge in [0.25, 0.3) is 5.88 Å². The Labute approximate surface area is 233 Å². The number of hydrogen-bond donors (Lipinski definition) is 0. The van der Waals surface area contributed by atoms with Gasteiger partial charge in [0, 0.05) is 31.1 Å². The van der Waals surface area contributed by atoms with Gasteiger partial charge in [-0.25, -0.2) is 19.9 Å². The summed E-state index contributed by atoms with van der Waals surface area (Å²) in [6.07, 6.45) is 2.12. The number of aromatic nitrogens is 6. The third kappa shape index (κ3) is 5.80. The summed E-state index contributed by atoms with van der Waals surface area (Å²) in [5.74, 6) is 1.86. The molecule has 214 valence electrons. The predicted octanol–water partition coefficient (Wildman–Crippen LogP) is 4.99. The number of ether oxygens (including phenoxy) is 4. The monoisotopic (exact) mass is 568 g/mol. The van der Waals surface area contributed by atoms with E-state index in [0.29, 0.717) is 47.7 Å². The maximum Gasteiger partial charge on any atom is 0.434 e. The van der Waals surface area contributed by atoms with E-state index in [0.717, 1.165) is 36.7 Å². The molecule has 1 saturated carbocycles. The molecule has 41 heavy (non-hydrogen) atoms. The quantitative estimate of drug-likeness (QED) is 0.276. The molecule has 0 bridgehead atoms. The van der Waals surface area contributed by atoms with Crippen LogP contribution in [0, 0.1) is 0 Å². The molecule has 0 amide bonds. The highest BCUT2D eigenvalue weighted by molar-refractivity contribution is 5.66. The molecule has 6 rings (SSSR count). The van der Waals surface area contributed by atoms with Crippen LogP contribution in [0.3, 0.4) is 0 Å². The van der Waals surface area contributed by atoms with Crippen LogP contribution in [0.15, 0.2) is 43.0 Å². The van der Waals surface area contributed by atoms with Gasteiger partial charge in [-0.2, -0.15) is 18.2 Å². The molecule has 0 radical (unpaired) electrons. The smallest absolute Gasteiger partial charge is 0.434 e. The highest BCUT2D eigenvalue weighted by Gasteiger charge is 2.35. The van der Waals surface area contributed by atoms with Crippen molar-refractivity contribution >= 4 is 0 Å². The summed E-state index contributed by atoms with van der Waals surface area (Å²) >= 11 is 0. The van der Waals surface area contributed by atoms with E-state index in [2.05, 4.69) is 19.9 Å². The van der Waals surface area contributed by atoms with Crippen molar-refractivity contribution in [1.82, 2.24) is 29.5 Å². The van der Waals surface area contributed by atoms with Crippen LogP contribution in [0.5, 0.6) is 17.5 Å². The Bertz CT molecular complexity index is 1530. The van der Waals surface area contributed by atoms with E-state index < -0.39 is 11.9 Å². The minimum atomic E-state index is -4.51. The van der Waals surface area contributed by atoms with Crippen LogP contribution in [-0.4, -0.2) is 55.9 Å². The van der Waals surface area contributed by atoms with Gasteiger partial charge >= 0.3 is 6.18 Å². The molecule has 2 fully saturated rings. The SMILES string of the molecule is COc1ncnc(C2CC2)c1-c1ncc(OC2CCOC2)c(OCc2ccc(-c3nc(C(F)(F)F)cn3C)cc2)n1. The third-order valence-corrected chi connectivity index (χ3v) is 6.88. The average molecular weight is 569 g/mol. The van der Waals surface area contributed by atoms with Gasteiger partial charge in [0.1, 0.15) is 30.4 Å². The Morgan fingerprint density at radius 1 is 1.02 bits per heavy atom. The van der Waals surface area contributed by atoms with Crippen LogP contribution < -0.4 is 14.2 Å². The lowest BCUT2D eigenvalue weighted by atomic mass is 10.1. The van der Waals surface area contributed by atoms with Crippen LogP contribution in [-0.2, 0) is 24.6 Å². The topological polar surface area (TPSA) is 106 Å². The van der Waals surface area contributed by atoms with Gasteiger partial charge < -0.3 is 23.5 Å². The number of benzene rings is 1. The normalized spacial score (nSPS) is 17.0. The number of hydrogen-bond acceptors (Lipinski definition) is 9. The highest BCUT2D eigenvalue weighted by Crippen LogP contribution is 2.45. The largest absolute Gasteiger partial charge is 0.481 e. The Hall–Kier alpha value is -4.26. The van der Waals surface area contributed by atoms with Crippen molar-refractivity contribution in [3.05, 3.63) is 59.9 Å². The lowest BCUT2D eigenvalue weighted by Gasteiger charge is -2.17. The first kappa shape index (κ1) is 26.9. The summed E-state index contributed by atoms with van der Waals surface area (Å²) in [5.41, 5.74) is 1.83. The van der Waals surface area contributed by atoms with E-state index in [9.17, 15) is 13.2 Å². The van der Waals surface area contributed by atoms with E-state index in [4.69, 9.17) is 23.9 Å². The highest BCUT2D eigenvalue weighted by atomic mass is 19.4. The first-order valence-corrected chi connectivity index (χ1v) is 13.1. The molecule has 4 heterocycles. The lowest BCUT2D eigenvalue weighted by molar-refractivity contribution is -0.140. The van der Waals surface area contributed by atoms with Crippen molar-refractivity contribution in [3.63, 3.8) is 0 Å². The molecule has 2 aliphatic rings. The van der Waals surface area contributed by atoms with Gasteiger partial charge in [0.2, 0.25) is 5.88 Å². The Morgan fingerprint density at radius 3 is 2.49 bits per heavy atom. The maximum atomic E-state index is 13.1. The molecule has 1 aliphatic carbocycles. The fourth-order valence-corrected chi connectivity index (χ4v) is 4.63. The molecule has 1 atom stereocenters. The molecule has 1 unspecified atom stereocenters. The number of alkyl halides is 3. The van der Waals surface area contributed by atoms with E-state index in [1.54, 1.807) is 30.5 Å². The molecular formula is C28H27F3N6O4. The molecule has 0 spiro atoms. The van der Waals surface area contributed by atoms with E-state index in [1.165, 1.54) is 25.1 Å².